The number of esters is 1. The fourth-order valence-corrected chi connectivity index (χ4v) is 3.32. The molecule has 2 atom stereocenters. The van der Waals surface area contributed by atoms with Gasteiger partial charge in [0.2, 0.25) is 0 Å². The van der Waals surface area contributed by atoms with Crippen LogP contribution < -0.4 is 0 Å². The van der Waals surface area contributed by atoms with Crippen molar-refractivity contribution in [2.75, 3.05) is 6.73 Å². The minimum atomic E-state index is -1.04. The molecule has 0 saturated carbocycles. The van der Waals surface area contributed by atoms with E-state index in [0.717, 1.165) is 15.6 Å². The zero-order valence-corrected chi connectivity index (χ0v) is 12.7. The van der Waals surface area contributed by atoms with Crippen LogP contribution in [0.5, 0.6) is 0 Å². The van der Waals surface area contributed by atoms with E-state index in [1.807, 2.05) is 30.3 Å². The molecule has 1 fully saturated rings. The number of carbonyl (C=O) groups is 2. The van der Waals surface area contributed by atoms with Crippen LogP contribution in [0.4, 0.5) is 4.79 Å². The Morgan fingerprint density at radius 1 is 1.43 bits per heavy atom. The topological polar surface area (TPSA) is 66.8 Å². The van der Waals surface area contributed by atoms with Crippen molar-refractivity contribution in [2.24, 2.45) is 5.92 Å². The van der Waals surface area contributed by atoms with Crippen LogP contribution in [0.2, 0.25) is 0 Å². The highest BCUT2D eigenvalue weighted by molar-refractivity contribution is 9.10. The standard InChI is InChI=1S/C15H14BrNO4/c16-11-3-1-2-9(6-11)10-4-5-13-12(7-10)14(18)21-8-17(13)15(19)20/h1-4,6,12-13H,5,7-8H2,(H,19,20)/t12-,13-/m0/s1. The molecular formula is C15H14BrNO4. The molecule has 0 spiro atoms. The van der Waals surface area contributed by atoms with Gasteiger partial charge in [0.1, 0.15) is 0 Å². The minimum Gasteiger partial charge on any atom is -0.465 e. The quantitative estimate of drug-likeness (QED) is 0.789. The monoisotopic (exact) mass is 351 g/mol. The van der Waals surface area contributed by atoms with Gasteiger partial charge in [-0.2, -0.15) is 0 Å². The van der Waals surface area contributed by atoms with Crippen LogP contribution in [-0.2, 0) is 9.53 Å². The van der Waals surface area contributed by atoms with Gasteiger partial charge in [-0.3, -0.25) is 9.69 Å². The van der Waals surface area contributed by atoms with E-state index in [1.165, 1.54) is 4.90 Å². The Morgan fingerprint density at radius 3 is 2.95 bits per heavy atom. The van der Waals surface area contributed by atoms with Crippen molar-refractivity contribution in [1.82, 2.24) is 4.90 Å². The number of carboxylic acid groups (broad SMARTS) is 1. The van der Waals surface area contributed by atoms with Crippen LogP contribution in [0.3, 0.4) is 0 Å². The van der Waals surface area contributed by atoms with Crippen molar-refractivity contribution in [3.05, 3.63) is 40.4 Å². The van der Waals surface area contributed by atoms with Gasteiger partial charge in [0, 0.05) is 4.47 Å². The predicted octanol–water partition coefficient (Wildman–Crippen LogP) is 3.11. The van der Waals surface area contributed by atoms with Gasteiger partial charge in [0.15, 0.2) is 6.73 Å². The van der Waals surface area contributed by atoms with E-state index in [4.69, 9.17) is 4.74 Å². The van der Waals surface area contributed by atoms with Crippen LogP contribution in [0.15, 0.2) is 34.8 Å². The molecule has 1 aliphatic carbocycles. The lowest BCUT2D eigenvalue weighted by Crippen LogP contribution is -2.53. The summed E-state index contributed by atoms with van der Waals surface area (Å²) < 4.78 is 5.97. The molecule has 0 bridgehead atoms. The lowest BCUT2D eigenvalue weighted by molar-refractivity contribution is -0.165. The molecule has 0 radical (unpaired) electrons. The van der Waals surface area contributed by atoms with Gasteiger partial charge in [-0.05, 0) is 36.1 Å². The first-order valence-electron chi connectivity index (χ1n) is 6.67. The fraction of sp³-hybridized carbons (Fsp3) is 0.333. The van der Waals surface area contributed by atoms with E-state index in [9.17, 15) is 14.7 Å². The van der Waals surface area contributed by atoms with E-state index in [-0.39, 0.29) is 18.7 Å². The molecule has 6 heteroatoms. The molecule has 0 unspecified atom stereocenters. The Balaban J connectivity index is 1.89. The Bertz CT molecular complexity index is 628. The largest absolute Gasteiger partial charge is 0.465 e. The summed E-state index contributed by atoms with van der Waals surface area (Å²) in [6, 6.07) is 7.54. The maximum absolute atomic E-state index is 12.0. The number of hydrogen-bond donors (Lipinski definition) is 1. The van der Waals surface area contributed by atoms with Crippen molar-refractivity contribution < 1.29 is 19.4 Å². The molecule has 1 aromatic rings. The number of benzene rings is 1. The smallest absolute Gasteiger partial charge is 0.410 e. The second kappa shape index (κ2) is 5.52. The average molecular weight is 352 g/mol. The summed E-state index contributed by atoms with van der Waals surface area (Å²) in [4.78, 5) is 24.4. The summed E-state index contributed by atoms with van der Waals surface area (Å²) in [7, 11) is 0. The highest BCUT2D eigenvalue weighted by Crippen LogP contribution is 2.37. The van der Waals surface area contributed by atoms with Crippen LogP contribution in [0, 0.1) is 5.92 Å². The van der Waals surface area contributed by atoms with E-state index >= 15 is 0 Å². The van der Waals surface area contributed by atoms with E-state index in [1.54, 1.807) is 0 Å². The lowest BCUT2D eigenvalue weighted by Gasteiger charge is -2.40. The maximum Gasteiger partial charge on any atom is 0.410 e. The second-order valence-electron chi connectivity index (χ2n) is 5.20. The number of carbonyl (C=O) groups excluding carboxylic acids is 1. The SMILES string of the molecule is O=C1OCN(C(=O)O)[C@H]2CC=C(c3cccc(Br)c3)C[C@H]12. The highest BCUT2D eigenvalue weighted by atomic mass is 79.9. The van der Waals surface area contributed by atoms with Gasteiger partial charge in [0.05, 0.1) is 12.0 Å². The molecule has 0 aromatic heterocycles. The van der Waals surface area contributed by atoms with Crippen molar-refractivity contribution in [3.8, 4) is 0 Å². The number of allylic oxidation sites excluding steroid dienone is 1. The molecule has 5 nitrogen and oxygen atoms in total. The van der Waals surface area contributed by atoms with Gasteiger partial charge in [-0.1, -0.05) is 34.1 Å². The molecule has 1 N–H and O–H groups in total. The van der Waals surface area contributed by atoms with Crippen LogP contribution >= 0.6 is 15.9 Å². The number of fused-ring (bicyclic) bond motifs is 1. The summed E-state index contributed by atoms with van der Waals surface area (Å²) in [6.45, 7) is -0.171. The van der Waals surface area contributed by atoms with Gasteiger partial charge in [-0.15, -0.1) is 0 Å². The Labute approximate surface area is 130 Å². The Hall–Kier alpha value is -1.82. The number of hydrogen-bond acceptors (Lipinski definition) is 3. The van der Waals surface area contributed by atoms with Gasteiger partial charge in [0.25, 0.3) is 0 Å². The molecule has 21 heavy (non-hydrogen) atoms. The summed E-state index contributed by atoms with van der Waals surface area (Å²) in [6.07, 6.45) is 2.02. The molecule has 110 valence electrons. The second-order valence-corrected chi connectivity index (χ2v) is 6.11. The summed E-state index contributed by atoms with van der Waals surface area (Å²) >= 11 is 3.43. The average Bonchev–Trinajstić information content (AvgIpc) is 2.47. The summed E-state index contributed by atoms with van der Waals surface area (Å²) in [5, 5.41) is 9.19. The third kappa shape index (κ3) is 2.68. The van der Waals surface area contributed by atoms with Crippen molar-refractivity contribution in [3.63, 3.8) is 0 Å². The number of cyclic esters (lactones) is 1. The third-order valence-electron chi connectivity index (χ3n) is 4.00. The molecular weight excluding hydrogens is 338 g/mol. The number of halogens is 1. The molecule has 1 amide bonds. The van der Waals surface area contributed by atoms with Crippen molar-refractivity contribution >= 4 is 33.6 Å². The van der Waals surface area contributed by atoms with Crippen LogP contribution in [-0.4, -0.2) is 34.8 Å². The van der Waals surface area contributed by atoms with Gasteiger partial charge in [-0.25, -0.2) is 4.79 Å². The number of amides is 1. The molecule has 2 aliphatic rings. The molecule has 1 heterocycles. The zero-order valence-electron chi connectivity index (χ0n) is 11.2. The predicted molar refractivity (Wildman–Crippen MR) is 79.5 cm³/mol. The van der Waals surface area contributed by atoms with Gasteiger partial charge < -0.3 is 9.84 Å². The first-order chi connectivity index (χ1) is 10.1. The van der Waals surface area contributed by atoms with E-state index < -0.39 is 12.0 Å². The molecule has 1 aromatic carbocycles. The normalized spacial score (nSPS) is 24.9. The van der Waals surface area contributed by atoms with Crippen molar-refractivity contribution in [1.29, 1.82) is 0 Å². The highest BCUT2D eigenvalue weighted by Gasteiger charge is 2.42. The van der Waals surface area contributed by atoms with E-state index in [0.29, 0.717) is 12.8 Å². The zero-order chi connectivity index (χ0) is 15.0. The number of rotatable bonds is 1. The maximum atomic E-state index is 12.0. The van der Waals surface area contributed by atoms with E-state index in [2.05, 4.69) is 15.9 Å². The fourth-order valence-electron chi connectivity index (χ4n) is 2.93. The summed E-state index contributed by atoms with van der Waals surface area (Å²) in [5.41, 5.74) is 2.10. The lowest BCUT2D eigenvalue weighted by atomic mass is 9.81. The molecule has 3 rings (SSSR count). The first-order valence-corrected chi connectivity index (χ1v) is 7.47. The number of ether oxygens (including phenoxy) is 1. The summed E-state index contributed by atoms with van der Waals surface area (Å²) in [5.74, 6) is -0.730. The van der Waals surface area contributed by atoms with Crippen LogP contribution in [0.1, 0.15) is 18.4 Å². The van der Waals surface area contributed by atoms with Gasteiger partial charge >= 0.3 is 12.1 Å². The van der Waals surface area contributed by atoms with Crippen LogP contribution in [0.25, 0.3) is 5.57 Å². The number of nitrogens with zero attached hydrogens (tertiary/aromatic N) is 1. The third-order valence-corrected chi connectivity index (χ3v) is 4.49. The van der Waals surface area contributed by atoms with Crippen molar-refractivity contribution in [2.45, 2.75) is 18.9 Å². The molecule has 1 aliphatic heterocycles. The molecule has 1 saturated heterocycles. The minimum absolute atomic E-state index is 0.171. The Morgan fingerprint density at radius 2 is 2.24 bits per heavy atom. The first kappa shape index (κ1) is 14.1. The Kier molecular flexibility index (Phi) is 3.71.